The van der Waals surface area contributed by atoms with Crippen molar-refractivity contribution in [2.45, 2.75) is 185 Å². The molecule has 15 heteroatoms. The van der Waals surface area contributed by atoms with Gasteiger partial charge in [-0.15, -0.1) is 0 Å². The van der Waals surface area contributed by atoms with Gasteiger partial charge in [-0.25, -0.2) is 4.99 Å². The molecule has 0 aliphatic carbocycles. The van der Waals surface area contributed by atoms with Gasteiger partial charge >= 0.3 is 5.97 Å². The number of nitrogens with zero attached hydrogens (tertiary/aromatic N) is 2. The standard InChI is InChI=1S/C37H66N2O13/c1-14-25-36(10,44)37(45)23(7)38-31(52-37)18(2)16-34(8,43)30(51-33-27(40)24(39(11)12)15-19(3)47-33)20(4)28(21(5)32(42)49-25)50-26-17-35(9,46-13)29(41)22(6)48-26/h18-30,33,40-41,43-45H,14-17H2,1-13H3/t18-,19-,20+,21-,22+,23-,24+,25?,26+,27-,28?,29+,30-,33+,34-,35-,36-,37+/m1/s1. The molecule has 0 spiro atoms. The number of carbonyl (C=O) groups excluding carboxylic acids is 1. The summed E-state index contributed by atoms with van der Waals surface area (Å²) in [4.78, 5) is 20.7. The van der Waals surface area contributed by atoms with E-state index in [1.165, 1.54) is 14.0 Å². The molecule has 3 saturated heterocycles. The highest BCUT2D eigenvalue weighted by molar-refractivity contribution is 5.81. The molecule has 52 heavy (non-hydrogen) atoms. The number of aliphatic hydroxyl groups is 5. The van der Waals surface area contributed by atoms with Crippen LogP contribution in [0.5, 0.6) is 0 Å². The summed E-state index contributed by atoms with van der Waals surface area (Å²) in [5, 5.41) is 58.7. The second-order valence-electron chi connectivity index (χ2n) is 16.7. The fraction of sp³-hybridized carbons (Fsp3) is 0.946. The molecule has 3 fully saturated rings. The van der Waals surface area contributed by atoms with Crippen LogP contribution in [0.25, 0.3) is 0 Å². The van der Waals surface area contributed by atoms with Crippen molar-refractivity contribution in [3.63, 3.8) is 0 Å². The third kappa shape index (κ3) is 8.20. The van der Waals surface area contributed by atoms with Gasteiger partial charge in [-0.3, -0.25) is 4.79 Å². The summed E-state index contributed by atoms with van der Waals surface area (Å²) >= 11 is 0. The van der Waals surface area contributed by atoms with E-state index in [9.17, 15) is 30.3 Å². The molecule has 4 heterocycles. The number of ether oxygens (including phenoxy) is 7. The number of hydrogen-bond donors (Lipinski definition) is 5. The van der Waals surface area contributed by atoms with Crippen LogP contribution >= 0.6 is 0 Å². The second-order valence-corrected chi connectivity index (χ2v) is 16.7. The number of likely N-dealkylation sites (N-methyl/N-ethyl adjacent to an activating group) is 1. The van der Waals surface area contributed by atoms with Crippen molar-refractivity contribution >= 4 is 11.9 Å². The minimum absolute atomic E-state index is 0.00504. The smallest absolute Gasteiger partial charge is 0.311 e. The molecule has 4 aliphatic heterocycles. The second kappa shape index (κ2) is 15.9. The molecule has 0 radical (unpaired) electrons. The van der Waals surface area contributed by atoms with Crippen LogP contribution < -0.4 is 0 Å². The number of methoxy groups -OCH3 is 1. The van der Waals surface area contributed by atoms with Gasteiger partial charge in [0.1, 0.15) is 24.4 Å². The SMILES string of the molecule is CCC1OC(=O)[C@H](C)C(O[C@H]2C[C@@](C)(OC)[C@@H](O)[C@H](C)O2)[C@H](C)[C@@H](O[C@@H]2O[C@H](C)C[C@H](N(C)C)[C@H]2O)[C@](C)(O)C[C@@H](C)C2=N[C@H](C)[C@](O)(O2)[C@]1(C)O. The number of esters is 1. The Morgan fingerprint density at radius 2 is 1.60 bits per heavy atom. The maximum absolute atomic E-state index is 14.2. The molecule has 18 atom stereocenters. The Balaban J connectivity index is 1.84. The third-order valence-corrected chi connectivity index (χ3v) is 12.1. The average Bonchev–Trinajstić information content (AvgIpc) is 3.38. The Labute approximate surface area is 308 Å². The zero-order valence-corrected chi connectivity index (χ0v) is 33.3. The largest absolute Gasteiger partial charge is 0.459 e. The normalized spacial score (nSPS) is 51.0. The van der Waals surface area contributed by atoms with Crippen molar-refractivity contribution in [1.29, 1.82) is 0 Å². The molecule has 0 aromatic carbocycles. The van der Waals surface area contributed by atoms with Gasteiger partial charge in [-0.1, -0.05) is 20.8 Å². The van der Waals surface area contributed by atoms with Crippen molar-refractivity contribution in [2.24, 2.45) is 22.7 Å². The third-order valence-electron chi connectivity index (χ3n) is 12.1. The lowest BCUT2D eigenvalue weighted by Crippen LogP contribution is -2.65. The number of aliphatic hydroxyl groups excluding tert-OH is 2. The van der Waals surface area contributed by atoms with Crippen LogP contribution in [-0.4, -0.2) is 153 Å². The van der Waals surface area contributed by atoms with Gasteiger partial charge in [0.15, 0.2) is 24.1 Å². The fourth-order valence-corrected chi connectivity index (χ4v) is 8.61. The molecule has 2 bridgehead atoms. The van der Waals surface area contributed by atoms with E-state index in [0.717, 1.165) is 0 Å². The fourth-order valence-electron chi connectivity index (χ4n) is 8.61. The van der Waals surface area contributed by atoms with Gasteiger partial charge in [-0.05, 0) is 81.8 Å². The highest BCUT2D eigenvalue weighted by Crippen LogP contribution is 2.43. The molecule has 2 unspecified atom stereocenters. The Hall–Kier alpha value is -1.50. The maximum Gasteiger partial charge on any atom is 0.311 e. The van der Waals surface area contributed by atoms with E-state index in [4.69, 9.17) is 33.2 Å². The average molecular weight is 747 g/mol. The van der Waals surface area contributed by atoms with Crippen LogP contribution in [0.2, 0.25) is 0 Å². The van der Waals surface area contributed by atoms with Crippen LogP contribution in [-0.2, 0) is 38.0 Å². The zero-order valence-electron chi connectivity index (χ0n) is 33.3. The first-order valence-electron chi connectivity index (χ1n) is 18.8. The number of hydrogen-bond acceptors (Lipinski definition) is 15. The Bertz CT molecular complexity index is 1270. The van der Waals surface area contributed by atoms with E-state index in [1.807, 2.05) is 25.9 Å². The van der Waals surface area contributed by atoms with Gasteiger partial charge in [-0.2, -0.15) is 0 Å². The highest BCUT2D eigenvalue weighted by Gasteiger charge is 2.62. The summed E-state index contributed by atoms with van der Waals surface area (Å²) < 4.78 is 43.4. The van der Waals surface area contributed by atoms with Crippen molar-refractivity contribution in [3.8, 4) is 0 Å². The van der Waals surface area contributed by atoms with E-state index in [2.05, 4.69) is 4.99 Å². The lowest BCUT2D eigenvalue weighted by Gasteiger charge is -2.49. The first-order valence-corrected chi connectivity index (χ1v) is 18.8. The van der Waals surface area contributed by atoms with Crippen molar-refractivity contribution in [2.75, 3.05) is 21.2 Å². The topological polar surface area (TPSA) is 198 Å². The van der Waals surface area contributed by atoms with E-state index >= 15 is 0 Å². The summed E-state index contributed by atoms with van der Waals surface area (Å²) in [5.41, 5.74) is -4.86. The summed E-state index contributed by atoms with van der Waals surface area (Å²) in [7, 11) is 5.22. The minimum Gasteiger partial charge on any atom is -0.459 e. The molecule has 302 valence electrons. The summed E-state index contributed by atoms with van der Waals surface area (Å²) in [6.07, 6.45) is -7.78. The molecular weight excluding hydrogens is 680 g/mol. The number of carbonyl (C=O) groups is 1. The van der Waals surface area contributed by atoms with Crippen LogP contribution in [0.4, 0.5) is 0 Å². The van der Waals surface area contributed by atoms with Crippen molar-refractivity contribution < 1.29 is 63.5 Å². The Morgan fingerprint density at radius 3 is 2.17 bits per heavy atom. The van der Waals surface area contributed by atoms with Crippen molar-refractivity contribution in [1.82, 2.24) is 4.90 Å². The highest BCUT2D eigenvalue weighted by atomic mass is 16.7. The number of fused-ring (bicyclic) bond motifs is 2. The molecule has 0 aromatic rings. The molecule has 0 amide bonds. The van der Waals surface area contributed by atoms with Gasteiger partial charge in [0.05, 0.1) is 41.5 Å². The summed E-state index contributed by atoms with van der Waals surface area (Å²) in [6.45, 7) is 16.8. The summed E-state index contributed by atoms with van der Waals surface area (Å²) in [5.74, 6) is -5.36. The molecule has 4 aliphatic rings. The van der Waals surface area contributed by atoms with E-state index in [-0.39, 0.29) is 37.3 Å². The first-order chi connectivity index (χ1) is 23.9. The van der Waals surface area contributed by atoms with Gasteiger partial charge in [0.2, 0.25) is 0 Å². The van der Waals surface area contributed by atoms with Crippen LogP contribution in [0.3, 0.4) is 0 Å². The number of aliphatic imine (C=N–C) groups is 1. The summed E-state index contributed by atoms with van der Waals surface area (Å²) in [6, 6.07) is -1.25. The molecule has 0 saturated carbocycles. The van der Waals surface area contributed by atoms with E-state index < -0.39 is 102 Å². The Kier molecular flexibility index (Phi) is 13.2. The molecular formula is C37H66N2O13. The maximum atomic E-state index is 14.2. The van der Waals surface area contributed by atoms with Gasteiger partial charge < -0.3 is 63.6 Å². The first kappa shape index (κ1) is 43.2. The molecule has 0 aromatic heterocycles. The lowest BCUT2D eigenvalue weighted by molar-refractivity contribution is -0.319. The number of rotatable bonds is 7. The molecule has 15 nitrogen and oxygen atoms in total. The predicted octanol–water partition coefficient (Wildman–Crippen LogP) is 1.73. The molecule has 4 rings (SSSR count). The monoisotopic (exact) mass is 746 g/mol. The van der Waals surface area contributed by atoms with Gasteiger partial charge in [0, 0.05) is 31.4 Å². The Morgan fingerprint density at radius 1 is 0.962 bits per heavy atom. The van der Waals surface area contributed by atoms with Crippen LogP contribution in [0.1, 0.15) is 94.9 Å². The van der Waals surface area contributed by atoms with E-state index in [0.29, 0.717) is 6.42 Å². The van der Waals surface area contributed by atoms with Crippen LogP contribution in [0.15, 0.2) is 4.99 Å². The zero-order chi connectivity index (χ0) is 39.3. The quantitative estimate of drug-likeness (QED) is 0.236. The number of cyclic esters (lactones) is 1. The predicted molar refractivity (Wildman–Crippen MR) is 189 cm³/mol. The minimum atomic E-state index is -2.26. The van der Waals surface area contributed by atoms with Crippen molar-refractivity contribution in [3.05, 3.63) is 0 Å². The lowest BCUT2D eigenvalue weighted by atomic mass is 9.77. The van der Waals surface area contributed by atoms with Crippen LogP contribution in [0, 0.1) is 17.8 Å². The van der Waals surface area contributed by atoms with E-state index in [1.54, 1.807) is 55.4 Å². The van der Waals surface area contributed by atoms with Gasteiger partial charge in [0.25, 0.3) is 5.79 Å². The molecule has 5 N–H and O–H groups in total.